The van der Waals surface area contributed by atoms with E-state index in [0.717, 1.165) is 21.0 Å². The Hall–Kier alpha value is -3.98. The first-order valence-electron chi connectivity index (χ1n) is 13.7. The van der Waals surface area contributed by atoms with Crippen molar-refractivity contribution in [2.75, 3.05) is 6.54 Å². The maximum Gasteiger partial charge on any atom is 0.269 e. The third-order valence-corrected chi connectivity index (χ3v) is 8.75. The molecule has 1 atom stereocenters. The number of aryl methyl sites for hydroxylation is 1. The Kier molecular flexibility index (Phi) is 8.97. The van der Waals surface area contributed by atoms with Gasteiger partial charge in [0.1, 0.15) is 10.9 Å². The lowest BCUT2D eigenvalue weighted by Gasteiger charge is -2.34. The van der Waals surface area contributed by atoms with Gasteiger partial charge in [-0.1, -0.05) is 72.3 Å². The van der Waals surface area contributed by atoms with E-state index in [9.17, 15) is 22.8 Å². The van der Waals surface area contributed by atoms with Gasteiger partial charge in [-0.2, -0.15) is 0 Å². The van der Waals surface area contributed by atoms with Crippen molar-refractivity contribution in [1.29, 1.82) is 0 Å². The summed E-state index contributed by atoms with van der Waals surface area (Å²) in [5.74, 6) is -1.15. The molecule has 0 spiro atoms. The summed E-state index contributed by atoms with van der Waals surface area (Å²) >= 11 is 0. The Bertz CT molecular complexity index is 1510. The average molecular weight is 576 g/mol. The molecule has 1 aliphatic heterocycles. The number of amides is 3. The molecular weight excluding hydrogens is 538 g/mol. The van der Waals surface area contributed by atoms with Crippen LogP contribution in [0.25, 0.3) is 0 Å². The summed E-state index contributed by atoms with van der Waals surface area (Å²) in [5.41, 5.74) is 2.49. The second-order valence-corrected chi connectivity index (χ2v) is 13.3. The molecule has 0 saturated carbocycles. The quantitative estimate of drug-likeness (QED) is 0.384. The maximum absolute atomic E-state index is 13.8. The predicted molar refractivity (Wildman–Crippen MR) is 157 cm³/mol. The van der Waals surface area contributed by atoms with E-state index < -0.39 is 27.5 Å². The van der Waals surface area contributed by atoms with Gasteiger partial charge < -0.3 is 10.2 Å². The fourth-order valence-electron chi connectivity index (χ4n) is 4.87. The van der Waals surface area contributed by atoms with Crippen LogP contribution >= 0.6 is 0 Å². The van der Waals surface area contributed by atoms with Crippen LogP contribution < -0.4 is 5.32 Å². The topological polar surface area (TPSA) is 104 Å². The number of carbonyl (C=O) groups excluding carboxylic acids is 3. The van der Waals surface area contributed by atoms with Gasteiger partial charge in [0, 0.05) is 31.5 Å². The van der Waals surface area contributed by atoms with Crippen LogP contribution in [0.15, 0.2) is 83.8 Å². The standard InChI is InChI=1S/C32H37N3O5S/c1-23-16-18-25(19-17-23)22-34(27(30(37)33-32(2,3)4)21-24-11-6-5-7-12-24)29(36)15-10-20-35-31(38)26-13-8-9-14-28(26)41(35,39)40/h5-9,11-14,16-19,27H,10,15,20-22H2,1-4H3,(H,33,37)/t27-/m0/s1. The van der Waals surface area contributed by atoms with Gasteiger partial charge in [0.05, 0.1) is 5.56 Å². The van der Waals surface area contributed by atoms with E-state index in [1.165, 1.54) is 12.1 Å². The molecule has 216 valence electrons. The van der Waals surface area contributed by atoms with Crippen LogP contribution in [0.4, 0.5) is 0 Å². The minimum Gasteiger partial charge on any atom is -0.350 e. The van der Waals surface area contributed by atoms with Gasteiger partial charge in [-0.05, 0) is 57.4 Å². The molecular formula is C32H37N3O5S. The molecule has 3 aromatic rings. The largest absolute Gasteiger partial charge is 0.350 e. The van der Waals surface area contributed by atoms with Crippen molar-refractivity contribution in [2.24, 2.45) is 0 Å². The van der Waals surface area contributed by atoms with Crippen molar-refractivity contribution in [3.63, 3.8) is 0 Å². The van der Waals surface area contributed by atoms with Crippen molar-refractivity contribution >= 4 is 27.7 Å². The molecule has 0 aromatic heterocycles. The molecule has 4 rings (SSSR count). The highest BCUT2D eigenvalue weighted by atomic mass is 32.2. The zero-order valence-electron chi connectivity index (χ0n) is 24.0. The summed E-state index contributed by atoms with van der Waals surface area (Å²) in [6.07, 6.45) is 0.408. The van der Waals surface area contributed by atoms with Crippen LogP contribution in [-0.2, 0) is 32.6 Å². The monoisotopic (exact) mass is 575 g/mol. The lowest BCUT2D eigenvalue weighted by Crippen LogP contribution is -2.54. The summed E-state index contributed by atoms with van der Waals surface area (Å²) in [5, 5.41) is 3.03. The Labute approximate surface area is 242 Å². The zero-order chi connectivity index (χ0) is 29.8. The van der Waals surface area contributed by atoms with E-state index in [1.54, 1.807) is 17.0 Å². The van der Waals surface area contributed by atoms with Crippen LogP contribution in [0.5, 0.6) is 0 Å². The normalized spacial score (nSPS) is 14.8. The molecule has 3 aromatic carbocycles. The van der Waals surface area contributed by atoms with Gasteiger partial charge in [0.2, 0.25) is 11.8 Å². The Morgan fingerprint density at radius 1 is 0.902 bits per heavy atom. The van der Waals surface area contributed by atoms with Gasteiger partial charge in [-0.15, -0.1) is 0 Å². The highest BCUT2D eigenvalue weighted by molar-refractivity contribution is 7.90. The molecule has 0 aliphatic carbocycles. The van der Waals surface area contributed by atoms with E-state index in [0.29, 0.717) is 6.42 Å². The van der Waals surface area contributed by atoms with Gasteiger partial charge in [-0.25, -0.2) is 12.7 Å². The number of nitrogens with zero attached hydrogens (tertiary/aromatic N) is 2. The average Bonchev–Trinajstić information content (AvgIpc) is 3.11. The van der Waals surface area contributed by atoms with Crippen LogP contribution in [0.3, 0.4) is 0 Å². The molecule has 3 amide bonds. The summed E-state index contributed by atoms with van der Waals surface area (Å²) in [6, 6.07) is 22.6. The van der Waals surface area contributed by atoms with Crippen LogP contribution in [0.1, 0.15) is 60.7 Å². The number of carbonyl (C=O) groups is 3. The number of hydrogen-bond donors (Lipinski definition) is 1. The van der Waals surface area contributed by atoms with E-state index in [-0.39, 0.29) is 48.2 Å². The van der Waals surface area contributed by atoms with E-state index >= 15 is 0 Å². The first kappa shape index (κ1) is 30.0. The lowest BCUT2D eigenvalue weighted by atomic mass is 10.00. The molecule has 0 bridgehead atoms. The summed E-state index contributed by atoms with van der Waals surface area (Å²) < 4.78 is 26.8. The van der Waals surface area contributed by atoms with Crippen molar-refractivity contribution in [3.05, 3.63) is 101 Å². The molecule has 1 aliphatic rings. The minimum absolute atomic E-state index is 0.0147. The number of benzene rings is 3. The minimum atomic E-state index is -3.96. The Morgan fingerprint density at radius 3 is 2.17 bits per heavy atom. The molecule has 9 heteroatoms. The van der Waals surface area contributed by atoms with Crippen molar-refractivity contribution in [1.82, 2.24) is 14.5 Å². The fraction of sp³-hybridized carbons (Fsp3) is 0.344. The lowest BCUT2D eigenvalue weighted by molar-refractivity contribution is -0.142. The molecule has 1 N–H and O–H groups in total. The molecule has 41 heavy (non-hydrogen) atoms. The van der Waals surface area contributed by atoms with Gasteiger partial charge in [-0.3, -0.25) is 14.4 Å². The third-order valence-electron chi connectivity index (χ3n) is 6.91. The van der Waals surface area contributed by atoms with E-state index in [1.807, 2.05) is 82.3 Å². The van der Waals surface area contributed by atoms with E-state index in [2.05, 4.69) is 5.32 Å². The number of rotatable bonds is 10. The zero-order valence-corrected chi connectivity index (χ0v) is 24.8. The van der Waals surface area contributed by atoms with Crippen molar-refractivity contribution < 1.29 is 22.8 Å². The summed E-state index contributed by atoms with van der Waals surface area (Å²) in [7, 11) is -3.96. The van der Waals surface area contributed by atoms with E-state index in [4.69, 9.17) is 0 Å². The first-order chi connectivity index (χ1) is 19.4. The fourth-order valence-corrected chi connectivity index (χ4v) is 6.47. The number of hydrogen-bond acceptors (Lipinski definition) is 5. The number of nitrogens with one attached hydrogen (secondary N) is 1. The van der Waals surface area contributed by atoms with Gasteiger partial charge >= 0.3 is 0 Å². The molecule has 0 unspecified atom stereocenters. The van der Waals surface area contributed by atoms with Crippen LogP contribution in [-0.4, -0.2) is 53.5 Å². The number of fused-ring (bicyclic) bond motifs is 1. The Morgan fingerprint density at radius 2 is 1.54 bits per heavy atom. The first-order valence-corrected chi connectivity index (χ1v) is 15.2. The number of sulfonamides is 1. The third kappa shape index (κ3) is 7.21. The highest BCUT2D eigenvalue weighted by Gasteiger charge is 2.40. The Balaban J connectivity index is 1.58. The van der Waals surface area contributed by atoms with Crippen molar-refractivity contribution in [2.45, 2.75) is 70.0 Å². The molecule has 8 nitrogen and oxygen atoms in total. The molecule has 1 heterocycles. The second kappa shape index (κ2) is 12.3. The molecule has 0 radical (unpaired) electrons. The molecule has 0 saturated heterocycles. The van der Waals surface area contributed by atoms with Gasteiger partial charge in [0.25, 0.3) is 15.9 Å². The second-order valence-electron chi connectivity index (χ2n) is 11.4. The van der Waals surface area contributed by atoms with Crippen molar-refractivity contribution in [3.8, 4) is 0 Å². The van der Waals surface area contributed by atoms with Gasteiger partial charge in [0.15, 0.2) is 0 Å². The summed E-state index contributed by atoms with van der Waals surface area (Å²) in [4.78, 5) is 41.9. The maximum atomic E-state index is 13.8. The van der Waals surface area contributed by atoms with Crippen LogP contribution in [0, 0.1) is 6.92 Å². The SMILES string of the molecule is Cc1ccc(CN(C(=O)CCCN2C(=O)c3ccccc3S2(=O)=O)[C@@H](Cc2ccccc2)C(=O)NC(C)(C)C)cc1. The highest BCUT2D eigenvalue weighted by Crippen LogP contribution is 2.30. The smallest absolute Gasteiger partial charge is 0.269 e. The summed E-state index contributed by atoms with van der Waals surface area (Å²) in [6.45, 7) is 7.73. The molecule has 0 fully saturated rings. The predicted octanol–water partition coefficient (Wildman–Crippen LogP) is 4.47. The van der Waals surface area contributed by atoms with Crippen LogP contribution in [0.2, 0.25) is 0 Å².